The molecule has 0 spiro atoms. The van der Waals surface area contributed by atoms with E-state index in [1.54, 1.807) is 18.2 Å². The topological polar surface area (TPSA) is 108 Å². The summed E-state index contributed by atoms with van der Waals surface area (Å²) in [4.78, 5) is 12.2. The zero-order chi connectivity index (χ0) is 22.9. The number of carbonyl (C=O) groups excluding carboxylic acids is 1. The molecule has 3 N–H and O–H groups in total. The summed E-state index contributed by atoms with van der Waals surface area (Å²) < 4.78 is 34.0. The van der Waals surface area contributed by atoms with E-state index in [0.717, 1.165) is 11.1 Å². The summed E-state index contributed by atoms with van der Waals surface area (Å²) in [5.74, 6) is 1.52. The maximum absolute atomic E-state index is 12.1. The number of nitrogens with one attached hydrogen (secondary N) is 1. The van der Waals surface area contributed by atoms with Gasteiger partial charge in [-0.3, -0.25) is 4.79 Å². The number of hydrogen-bond acceptors (Lipinski definition) is 5. The van der Waals surface area contributed by atoms with Crippen LogP contribution in [0.1, 0.15) is 31.9 Å². The van der Waals surface area contributed by atoms with Crippen LogP contribution in [0.15, 0.2) is 53.4 Å². The van der Waals surface area contributed by atoms with Gasteiger partial charge in [-0.1, -0.05) is 32.0 Å². The number of hydrogen-bond donors (Lipinski definition) is 2. The van der Waals surface area contributed by atoms with Gasteiger partial charge >= 0.3 is 0 Å². The highest BCUT2D eigenvalue weighted by Gasteiger charge is 2.08. The van der Waals surface area contributed by atoms with Crippen LogP contribution >= 0.6 is 0 Å². The Balaban J connectivity index is 1.89. The molecule has 0 aliphatic rings. The van der Waals surface area contributed by atoms with Crippen LogP contribution in [-0.4, -0.2) is 34.1 Å². The Bertz CT molecular complexity index is 999. The Kier molecular flexibility index (Phi) is 9.08. The summed E-state index contributed by atoms with van der Waals surface area (Å²) in [6.07, 6.45) is 3.75. The van der Waals surface area contributed by atoms with E-state index in [-0.39, 0.29) is 10.8 Å². The van der Waals surface area contributed by atoms with Gasteiger partial charge < -0.3 is 14.8 Å². The number of ether oxygens (including phenoxy) is 2. The molecule has 0 bridgehead atoms. The fourth-order valence-electron chi connectivity index (χ4n) is 2.68. The highest BCUT2D eigenvalue weighted by atomic mass is 32.2. The summed E-state index contributed by atoms with van der Waals surface area (Å²) in [5.41, 5.74) is 1.73. The third kappa shape index (κ3) is 8.43. The number of amides is 1. The molecule has 0 heterocycles. The van der Waals surface area contributed by atoms with Crippen molar-refractivity contribution in [2.75, 3.05) is 19.8 Å². The highest BCUT2D eigenvalue weighted by Crippen LogP contribution is 2.29. The average molecular weight is 447 g/mol. The van der Waals surface area contributed by atoms with Crippen molar-refractivity contribution in [3.63, 3.8) is 0 Å². The largest absolute Gasteiger partial charge is 0.490 e. The van der Waals surface area contributed by atoms with Crippen molar-refractivity contribution in [1.82, 2.24) is 5.32 Å². The number of nitrogens with two attached hydrogens (primary N) is 1. The molecule has 0 fully saturated rings. The van der Waals surface area contributed by atoms with Gasteiger partial charge in [0.05, 0.1) is 18.1 Å². The predicted octanol–water partition coefficient (Wildman–Crippen LogP) is 3.14. The number of carbonyl (C=O) groups is 1. The molecular formula is C23H30N2O5S. The summed E-state index contributed by atoms with van der Waals surface area (Å²) in [6.45, 7) is 7.60. The molecule has 31 heavy (non-hydrogen) atoms. The van der Waals surface area contributed by atoms with Crippen LogP contribution in [-0.2, 0) is 21.2 Å². The van der Waals surface area contributed by atoms with Crippen LogP contribution < -0.4 is 19.9 Å². The predicted molar refractivity (Wildman–Crippen MR) is 122 cm³/mol. The van der Waals surface area contributed by atoms with Crippen LogP contribution in [0.4, 0.5) is 0 Å². The van der Waals surface area contributed by atoms with Crippen molar-refractivity contribution < 1.29 is 22.7 Å². The molecule has 2 rings (SSSR count). The van der Waals surface area contributed by atoms with Crippen molar-refractivity contribution in [3.8, 4) is 11.5 Å². The number of rotatable bonds is 11. The Hall–Kier alpha value is -2.84. The van der Waals surface area contributed by atoms with E-state index < -0.39 is 10.0 Å². The first-order chi connectivity index (χ1) is 14.7. The number of primary sulfonamides is 1. The van der Waals surface area contributed by atoms with Crippen LogP contribution in [0, 0.1) is 5.92 Å². The minimum Gasteiger partial charge on any atom is -0.490 e. The molecule has 0 unspecified atom stereocenters. The third-order valence-electron chi connectivity index (χ3n) is 4.23. The molecule has 0 aliphatic carbocycles. The molecule has 0 aliphatic heterocycles. The van der Waals surface area contributed by atoms with Crippen molar-refractivity contribution in [2.24, 2.45) is 11.1 Å². The van der Waals surface area contributed by atoms with E-state index in [4.69, 9.17) is 14.6 Å². The quantitative estimate of drug-likeness (QED) is 0.516. The summed E-state index contributed by atoms with van der Waals surface area (Å²) >= 11 is 0. The monoisotopic (exact) mass is 446 g/mol. The van der Waals surface area contributed by atoms with Crippen molar-refractivity contribution >= 4 is 22.0 Å². The van der Waals surface area contributed by atoms with Gasteiger partial charge in [-0.25, -0.2) is 13.6 Å². The van der Waals surface area contributed by atoms with Gasteiger partial charge in [0.2, 0.25) is 15.9 Å². The smallest absolute Gasteiger partial charge is 0.244 e. The van der Waals surface area contributed by atoms with Crippen molar-refractivity contribution in [3.05, 3.63) is 59.7 Å². The molecule has 0 atom stereocenters. The molecule has 0 saturated heterocycles. The van der Waals surface area contributed by atoms with E-state index in [1.165, 1.54) is 18.2 Å². The molecule has 0 radical (unpaired) electrons. The Labute approximate surface area is 184 Å². The molecular weight excluding hydrogens is 416 g/mol. The van der Waals surface area contributed by atoms with Crippen LogP contribution in [0.5, 0.6) is 11.5 Å². The summed E-state index contributed by atoms with van der Waals surface area (Å²) in [5, 5.41) is 7.89. The molecule has 2 aromatic carbocycles. The van der Waals surface area contributed by atoms with Crippen LogP contribution in [0.2, 0.25) is 0 Å². The molecule has 1 amide bonds. The first-order valence-corrected chi connectivity index (χ1v) is 11.7. The lowest BCUT2D eigenvalue weighted by Crippen LogP contribution is -2.23. The zero-order valence-electron chi connectivity index (χ0n) is 18.1. The summed E-state index contributed by atoms with van der Waals surface area (Å²) in [7, 11) is -3.70. The molecule has 7 nitrogen and oxygen atoms in total. The van der Waals surface area contributed by atoms with Gasteiger partial charge in [0.1, 0.15) is 0 Å². The lowest BCUT2D eigenvalue weighted by atomic mass is 10.1. The first-order valence-electron chi connectivity index (χ1n) is 10.2. The highest BCUT2D eigenvalue weighted by molar-refractivity contribution is 7.89. The minimum absolute atomic E-state index is 0.0651. The molecule has 168 valence electrons. The molecule has 0 saturated carbocycles. The van der Waals surface area contributed by atoms with E-state index >= 15 is 0 Å². The number of sulfonamides is 1. The normalized spacial score (nSPS) is 11.6. The average Bonchev–Trinajstić information content (AvgIpc) is 2.71. The third-order valence-corrected chi connectivity index (χ3v) is 5.16. The maximum Gasteiger partial charge on any atom is 0.244 e. The van der Waals surface area contributed by atoms with Gasteiger partial charge in [-0.15, -0.1) is 0 Å². The van der Waals surface area contributed by atoms with Crippen molar-refractivity contribution in [2.45, 2.75) is 32.1 Å². The second kappa shape index (κ2) is 11.5. The maximum atomic E-state index is 12.1. The van der Waals surface area contributed by atoms with Gasteiger partial charge in [-0.05, 0) is 60.7 Å². The minimum atomic E-state index is -3.70. The lowest BCUT2D eigenvalue weighted by molar-refractivity contribution is -0.116. The molecule has 2 aromatic rings. The second-order valence-corrected chi connectivity index (χ2v) is 8.97. The van der Waals surface area contributed by atoms with Crippen molar-refractivity contribution in [1.29, 1.82) is 0 Å². The van der Waals surface area contributed by atoms with Gasteiger partial charge in [0.15, 0.2) is 11.5 Å². The van der Waals surface area contributed by atoms with Crippen LogP contribution in [0.25, 0.3) is 6.08 Å². The van der Waals surface area contributed by atoms with Gasteiger partial charge in [0, 0.05) is 12.6 Å². The Morgan fingerprint density at radius 1 is 1.10 bits per heavy atom. The number of benzene rings is 2. The lowest BCUT2D eigenvalue weighted by Gasteiger charge is -2.14. The van der Waals surface area contributed by atoms with Gasteiger partial charge in [-0.2, -0.15) is 0 Å². The van der Waals surface area contributed by atoms with E-state index in [9.17, 15) is 13.2 Å². The van der Waals surface area contributed by atoms with E-state index in [1.807, 2.05) is 25.1 Å². The SMILES string of the molecule is CCOc1cc(C=CC(=O)NCCc2ccc(S(N)(=O)=O)cc2)ccc1OCC(C)C. The second-order valence-electron chi connectivity index (χ2n) is 7.41. The Morgan fingerprint density at radius 3 is 2.42 bits per heavy atom. The first kappa shape index (κ1) is 24.4. The molecule has 8 heteroatoms. The Morgan fingerprint density at radius 2 is 1.81 bits per heavy atom. The molecule has 0 aromatic heterocycles. The zero-order valence-corrected chi connectivity index (χ0v) is 18.9. The van der Waals surface area contributed by atoms with E-state index in [0.29, 0.717) is 43.6 Å². The standard InChI is InChI=1S/C23H30N2O5S/c1-4-29-22-15-19(7-11-21(22)30-16-17(2)3)8-12-23(26)25-14-13-18-5-9-20(10-6-18)31(24,27)28/h5-12,15,17H,4,13-14,16H2,1-3H3,(H,25,26)(H2,24,27,28). The van der Waals surface area contributed by atoms with E-state index in [2.05, 4.69) is 19.2 Å². The summed E-state index contributed by atoms with van der Waals surface area (Å²) in [6, 6.07) is 11.8. The van der Waals surface area contributed by atoms with Gasteiger partial charge in [0.25, 0.3) is 0 Å². The fraction of sp³-hybridized carbons (Fsp3) is 0.348. The van der Waals surface area contributed by atoms with Crippen LogP contribution in [0.3, 0.4) is 0 Å². The fourth-order valence-corrected chi connectivity index (χ4v) is 3.19.